The van der Waals surface area contributed by atoms with Crippen LogP contribution in [-0.2, 0) is 25.3 Å². The minimum Gasteiger partial charge on any atom is -0.497 e. The number of halogens is 16. The van der Waals surface area contributed by atoms with E-state index in [0.29, 0.717) is 16.5 Å². The molecule has 1 aliphatic rings. The number of fused-ring (bicyclic) bond motifs is 1. The Bertz CT molecular complexity index is 3710. The van der Waals surface area contributed by atoms with Crippen molar-refractivity contribution in [3.8, 4) is 22.8 Å². The number of nitrogens with one attached hydrogen (secondary N) is 2. The van der Waals surface area contributed by atoms with Gasteiger partial charge in [-0.1, -0.05) is 86.7 Å². The fraction of sp³-hybridized carbons (Fsp3) is 0.279. The number of ketones is 2. The third kappa shape index (κ3) is 23.4. The largest absolute Gasteiger partial charge is 0.497 e. The Hall–Kier alpha value is -8.18. The molecule has 1 saturated heterocycles. The number of alkyl halides is 12. The molecule has 1 fully saturated rings. The van der Waals surface area contributed by atoms with E-state index < -0.39 is 76.8 Å². The van der Waals surface area contributed by atoms with Gasteiger partial charge in [-0.25, -0.2) is 4.79 Å². The van der Waals surface area contributed by atoms with Crippen molar-refractivity contribution >= 4 is 118 Å². The van der Waals surface area contributed by atoms with Gasteiger partial charge in [-0.3, -0.25) is 28.5 Å². The van der Waals surface area contributed by atoms with Crippen LogP contribution in [0.25, 0.3) is 22.2 Å². The molecule has 93 heavy (non-hydrogen) atoms. The smallest absolute Gasteiger partial charge is 0.471 e. The lowest BCUT2D eigenvalue weighted by Crippen LogP contribution is -2.46. The van der Waals surface area contributed by atoms with Crippen LogP contribution in [0.5, 0.6) is 11.5 Å². The van der Waals surface area contributed by atoms with Crippen molar-refractivity contribution < 1.29 is 101 Å². The van der Waals surface area contributed by atoms with Gasteiger partial charge in [-0.2, -0.15) is 52.7 Å². The number of aromatic nitrogens is 1. The Kier molecular flexibility index (Phi) is 29.7. The molecule has 2 heterocycles. The lowest BCUT2D eigenvalue weighted by molar-refractivity contribution is -0.188. The first-order valence-electron chi connectivity index (χ1n) is 25.9. The number of hydrogen-bond acceptors (Lipinski definition) is 11. The van der Waals surface area contributed by atoms with Crippen molar-refractivity contribution in [2.24, 2.45) is 5.41 Å². The summed E-state index contributed by atoms with van der Waals surface area (Å²) in [6, 6.07) is 28.4. The molecule has 1 unspecified atom stereocenters. The van der Waals surface area contributed by atoms with E-state index in [0.717, 1.165) is 39.4 Å². The summed E-state index contributed by atoms with van der Waals surface area (Å²) in [4.78, 5) is 69.0. The number of benzene rings is 6. The Morgan fingerprint density at radius 3 is 1.52 bits per heavy atom. The van der Waals surface area contributed by atoms with Crippen molar-refractivity contribution in [3.63, 3.8) is 0 Å². The molecule has 1 aliphatic heterocycles. The number of amides is 2. The fourth-order valence-corrected chi connectivity index (χ4v) is 8.44. The minimum atomic E-state index is -5.13. The number of carbonyl (C=O) groups is 6. The van der Waals surface area contributed by atoms with Crippen molar-refractivity contribution in [1.29, 1.82) is 0 Å². The van der Waals surface area contributed by atoms with Gasteiger partial charge in [0.25, 0.3) is 11.6 Å². The van der Waals surface area contributed by atoms with Crippen molar-refractivity contribution in [1.82, 2.24) is 9.47 Å². The number of methoxy groups -OCH3 is 2. The van der Waals surface area contributed by atoms with E-state index in [2.05, 4.69) is 10.6 Å². The van der Waals surface area contributed by atoms with Crippen molar-refractivity contribution in [2.45, 2.75) is 65.9 Å². The molecule has 0 saturated carbocycles. The molecular formula is C61H57BCl4F12N5O10. The quantitative estimate of drug-likeness (QED) is 0.0436. The number of anilines is 3. The van der Waals surface area contributed by atoms with Gasteiger partial charge in [0.2, 0.25) is 11.8 Å². The first kappa shape index (κ1) is 80.9. The second-order valence-corrected chi connectivity index (χ2v) is 21.6. The van der Waals surface area contributed by atoms with E-state index in [-0.39, 0.29) is 108 Å². The number of ether oxygens (including phenoxy) is 3. The second kappa shape index (κ2) is 34.1. The van der Waals surface area contributed by atoms with Crippen LogP contribution < -0.4 is 25.8 Å². The van der Waals surface area contributed by atoms with Crippen LogP contribution in [0.1, 0.15) is 77.8 Å². The summed E-state index contributed by atoms with van der Waals surface area (Å²) < 4.78 is 167. The summed E-state index contributed by atoms with van der Waals surface area (Å²) in [7, 11) is 2.90. The van der Waals surface area contributed by atoms with E-state index in [9.17, 15) is 86.6 Å². The maximum Gasteiger partial charge on any atom is 0.471 e. The highest BCUT2D eigenvalue weighted by Crippen LogP contribution is 2.45. The Labute approximate surface area is 546 Å². The molecule has 0 bridgehead atoms. The lowest BCUT2D eigenvalue weighted by Gasteiger charge is -2.27. The van der Waals surface area contributed by atoms with E-state index in [1.807, 2.05) is 20.8 Å². The zero-order valence-corrected chi connectivity index (χ0v) is 51.8. The van der Waals surface area contributed by atoms with E-state index >= 15 is 0 Å². The van der Waals surface area contributed by atoms with Gasteiger partial charge in [0.1, 0.15) is 11.5 Å². The molecule has 1 aromatic heterocycles. The van der Waals surface area contributed by atoms with Gasteiger partial charge >= 0.3 is 36.6 Å². The number of nitrogens with two attached hydrogens (primary N) is 1. The van der Waals surface area contributed by atoms with Crippen LogP contribution in [0, 0.1) is 5.41 Å². The molecular weight excluding hydrogens is 1340 g/mol. The number of nitrogen functional groups attached to an aromatic ring is 1. The zero-order valence-electron chi connectivity index (χ0n) is 48.7. The number of carboxylic acids is 1. The first-order chi connectivity index (χ1) is 42.1. The highest BCUT2D eigenvalue weighted by atomic mass is 35.5. The highest BCUT2D eigenvalue weighted by Gasteiger charge is 2.44. The van der Waals surface area contributed by atoms with Crippen molar-refractivity contribution in [2.75, 3.05) is 56.9 Å². The molecule has 2 amide bonds. The number of morpholine rings is 1. The normalized spacial score (nSPS) is 12.5. The molecule has 8 rings (SSSR count). The molecule has 3 radical (unpaired) electrons. The summed E-state index contributed by atoms with van der Waals surface area (Å²) >= 11 is 22.7. The lowest BCUT2D eigenvalue weighted by atomic mass is 9.95. The summed E-state index contributed by atoms with van der Waals surface area (Å²) in [5, 5.41) is 15.4. The molecule has 6 aromatic carbocycles. The topological polar surface area (TPSA) is 209 Å². The average molecular weight is 1400 g/mol. The fourth-order valence-electron chi connectivity index (χ4n) is 7.80. The number of carbonyl (C=O) groups excluding carboxylic acids is 5. The molecule has 0 aliphatic carbocycles. The maximum absolute atomic E-state index is 13.8. The third-order valence-corrected chi connectivity index (χ3v) is 13.2. The van der Waals surface area contributed by atoms with Crippen LogP contribution >= 0.6 is 46.4 Å². The summed E-state index contributed by atoms with van der Waals surface area (Å²) in [6.45, 7) is 7.26. The van der Waals surface area contributed by atoms with Gasteiger partial charge in [-0.15, -0.1) is 0 Å². The number of hydrogen-bond donors (Lipinski definition) is 4. The number of carboxylic acid groups (broad SMARTS) is 1. The van der Waals surface area contributed by atoms with Crippen LogP contribution in [0.3, 0.4) is 0 Å². The highest BCUT2D eigenvalue weighted by molar-refractivity contribution is 6.32. The average Bonchev–Trinajstić information content (AvgIpc) is 1.59. The van der Waals surface area contributed by atoms with Gasteiger partial charge in [-0.05, 0) is 126 Å². The molecule has 15 nitrogen and oxygen atoms in total. The van der Waals surface area contributed by atoms with Gasteiger partial charge in [0.05, 0.1) is 55.3 Å². The Morgan fingerprint density at radius 1 is 0.613 bits per heavy atom. The van der Waals surface area contributed by atoms with Crippen molar-refractivity contribution in [3.05, 3.63) is 170 Å². The molecule has 32 heteroatoms. The molecule has 0 spiro atoms. The number of aliphatic carboxylic acids is 1. The number of rotatable bonds is 10. The Morgan fingerprint density at radius 2 is 1.06 bits per heavy atom. The van der Waals surface area contributed by atoms with Crippen LogP contribution in [0.15, 0.2) is 127 Å². The first-order valence-corrected chi connectivity index (χ1v) is 27.4. The summed E-state index contributed by atoms with van der Waals surface area (Å²) in [5.41, 5.74) is 3.29. The predicted octanol–water partition coefficient (Wildman–Crippen LogP) is 16.6. The molecule has 501 valence electrons. The molecule has 1 atom stereocenters. The second-order valence-electron chi connectivity index (χ2n) is 19.8. The minimum absolute atomic E-state index is 0. The zero-order chi connectivity index (χ0) is 68.7. The van der Waals surface area contributed by atoms with Gasteiger partial charge in [0, 0.05) is 76.4 Å². The van der Waals surface area contributed by atoms with Crippen LogP contribution in [0.2, 0.25) is 20.1 Å². The molecule has 5 N–H and O–H groups in total. The monoisotopic (exact) mass is 1400 g/mol. The number of nitrogens with zero attached hydrogens (tertiary/aromatic N) is 2. The van der Waals surface area contributed by atoms with Crippen LogP contribution in [0.4, 0.5) is 69.7 Å². The number of Topliss-reactive ketones (excluding diaryl/α,β-unsaturated/α-hetero) is 2. The third-order valence-electron chi connectivity index (χ3n) is 12.2. The van der Waals surface area contributed by atoms with E-state index in [1.54, 1.807) is 36.4 Å². The standard InChI is InChI=1S/C18H13ClF3NO2.C17H13ClF3NO4.C11H14ClNO.C8H5ClF3NO.C6H8F3NO2.CH4.B/c1-10(24)23-15-8-5-12(19)9-14(15)16(18(20,21)22)17(23)11-3-6-13(25-2)7-4-11;1-26-11-5-2-9(3-6-11)14(16(24)25)22-13-7-4-10(18)8-12(13)15(23)17(19,20)21;1-11(2,3)10(14)13-9-6-4-8(12)5-7-9;9-4-1-2-6(13)5(3-4)7(14)8(10,11)12;7-6(8,9)5(11)10-1-3-12-4-2-10;;/h3-9H,1-2H3;2-8,14,22H,1H3,(H,24,25);4-7H,1-3H3,(H,13,14);1-3H,13H2;1-4H2;1H4;. The van der Waals surface area contributed by atoms with E-state index in [1.165, 1.54) is 87.9 Å². The predicted molar refractivity (Wildman–Crippen MR) is 331 cm³/mol. The summed E-state index contributed by atoms with van der Waals surface area (Å²) in [6.07, 6.45) is -19.5. The Balaban J connectivity index is 0.000000408. The van der Waals surface area contributed by atoms with E-state index in [4.69, 9.17) is 66.3 Å². The van der Waals surface area contributed by atoms with Crippen LogP contribution in [-0.4, -0.2) is 117 Å². The SMILES string of the molecule is C.CC(C)(C)C(=O)Nc1ccc(Cl)cc1.COc1ccc(-c2c(C(F)(F)F)c3cc(Cl)ccc3n2C(C)=O)cc1.COc1ccc(C(Nc2ccc(Cl)cc2C(=O)C(F)(F)F)C(=O)O)cc1.Nc1ccc(Cl)cc1C(=O)C(F)(F)F.O=C(N1CCOCC1)C(F)(F)F.[B]. The van der Waals surface area contributed by atoms with Gasteiger partial charge < -0.3 is 40.6 Å². The molecule has 7 aromatic rings. The van der Waals surface area contributed by atoms with Gasteiger partial charge in [0.15, 0.2) is 6.04 Å². The maximum atomic E-state index is 13.8. The summed E-state index contributed by atoms with van der Waals surface area (Å²) in [5.74, 6) is -6.75.